The molecule has 1 aromatic rings. The summed E-state index contributed by atoms with van der Waals surface area (Å²) in [4.78, 5) is 14.7. The van der Waals surface area contributed by atoms with Gasteiger partial charge in [0.05, 0.1) is 12.0 Å². The zero-order valence-corrected chi connectivity index (χ0v) is 9.83. The molecule has 0 radical (unpaired) electrons. The van der Waals surface area contributed by atoms with Crippen LogP contribution < -0.4 is 0 Å². The molecule has 0 N–H and O–H groups in total. The number of thioether (sulfide) groups is 1. The van der Waals surface area contributed by atoms with Crippen molar-refractivity contribution in [1.82, 2.24) is 4.90 Å². The summed E-state index contributed by atoms with van der Waals surface area (Å²) in [6.07, 6.45) is 0. The van der Waals surface area contributed by atoms with Crippen LogP contribution in [0.3, 0.4) is 0 Å². The van der Waals surface area contributed by atoms with Gasteiger partial charge in [-0.25, -0.2) is 0 Å². The van der Waals surface area contributed by atoms with Gasteiger partial charge >= 0.3 is 0 Å². The van der Waals surface area contributed by atoms with Gasteiger partial charge in [-0.1, -0.05) is 18.2 Å². The summed E-state index contributed by atoms with van der Waals surface area (Å²) in [7, 11) is 1.68. The van der Waals surface area contributed by atoms with E-state index in [2.05, 4.69) is 0 Å². The van der Waals surface area contributed by atoms with Crippen LogP contribution in [0.25, 0.3) is 0 Å². The van der Waals surface area contributed by atoms with Crippen LogP contribution in [0.2, 0.25) is 0 Å². The number of nitrogens with zero attached hydrogens (tertiary/aromatic N) is 2. The molecule has 0 spiro atoms. The molecule has 0 fully saturated rings. The molecular weight excluding hydrogens is 220 g/mol. The lowest BCUT2D eigenvalue weighted by Gasteiger charge is -2.18. The molecular formula is C12H12N2OS. The number of carbonyl (C=O) groups is 1. The van der Waals surface area contributed by atoms with Crippen LogP contribution in [0.5, 0.6) is 0 Å². The van der Waals surface area contributed by atoms with E-state index in [1.54, 1.807) is 18.8 Å². The molecule has 0 bridgehead atoms. The minimum Gasteiger partial charge on any atom is -0.332 e. The van der Waals surface area contributed by atoms with Gasteiger partial charge in [0.15, 0.2) is 0 Å². The van der Waals surface area contributed by atoms with Crippen LogP contribution in [-0.2, 0) is 4.79 Å². The fourth-order valence-corrected chi connectivity index (χ4v) is 3.04. The van der Waals surface area contributed by atoms with Gasteiger partial charge in [0.2, 0.25) is 5.91 Å². The minimum atomic E-state index is -0.0838. The highest BCUT2D eigenvalue weighted by molar-refractivity contribution is 7.99. The predicted molar refractivity (Wildman–Crippen MR) is 63.2 cm³/mol. The summed E-state index contributed by atoms with van der Waals surface area (Å²) in [6.45, 7) is 0.155. The molecule has 0 aromatic heterocycles. The van der Waals surface area contributed by atoms with Gasteiger partial charge in [0.1, 0.15) is 6.54 Å². The van der Waals surface area contributed by atoms with Crippen molar-refractivity contribution >= 4 is 17.7 Å². The number of hydrogen-bond donors (Lipinski definition) is 0. The van der Waals surface area contributed by atoms with E-state index in [1.807, 2.05) is 30.3 Å². The van der Waals surface area contributed by atoms with Crippen LogP contribution in [0.15, 0.2) is 29.2 Å². The second kappa shape index (κ2) is 4.58. The Morgan fingerprint density at radius 2 is 2.38 bits per heavy atom. The Morgan fingerprint density at radius 1 is 1.62 bits per heavy atom. The first-order chi connectivity index (χ1) is 7.74. The summed E-state index contributed by atoms with van der Waals surface area (Å²) >= 11 is 1.71. The van der Waals surface area contributed by atoms with Crippen molar-refractivity contribution in [1.29, 1.82) is 5.26 Å². The number of amides is 1. The van der Waals surface area contributed by atoms with Gasteiger partial charge in [-0.2, -0.15) is 5.26 Å². The molecule has 1 aromatic carbocycles. The first-order valence-electron chi connectivity index (χ1n) is 5.07. The van der Waals surface area contributed by atoms with Crippen LogP contribution in [0.1, 0.15) is 11.5 Å². The van der Waals surface area contributed by atoms with Crippen LogP contribution >= 0.6 is 11.8 Å². The van der Waals surface area contributed by atoms with E-state index in [-0.39, 0.29) is 18.4 Å². The first kappa shape index (κ1) is 11.0. The number of likely N-dealkylation sites (N-methyl/N-ethyl adjacent to an activating group) is 1. The summed E-state index contributed by atoms with van der Waals surface area (Å²) in [5, 5.41) is 8.57. The molecule has 1 aliphatic heterocycles. The van der Waals surface area contributed by atoms with Crippen molar-refractivity contribution in [2.45, 2.75) is 10.8 Å². The van der Waals surface area contributed by atoms with Crippen molar-refractivity contribution in [3.63, 3.8) is 0 Å². The van der Waals surface area contributed by atoms with Crippen molar-refractivity contribution in [2.75, 3.05) is 19.3 Å². The second-order valence-corrected chi connectivity index (χ2v) is 4.82. The Kier molecular flexibility index (Phi) is 3.16. The average molecular weight is 232 g/mol. The number of fused-ring (bicyclic) bond motifs is 1. The molecule has 1 aliphatic rings. The molecule has 4 heteroatoms. The zero-order valence-electron chi connectivity index (χ0n) is 9.01. The molecule has 1 unspecified atom stereocenters. The third kappa shape index (κ3) is 1.91. The molecule has 0 saturated carbocycles. The number of nitriles is 1. The number of hydrogen-bond acceptors (Lipinski definition) is 3. The van der Waals surface area contributed by atoms with Crippen LogP contribution in [0, 0.1) is 11.3 Å². The van der Waals surface area contributed by atoms with E-state index in [4.69, 9.17) is 5.26 Å². The smallest absolute Gasteiger partial charge is 0.231 e. The van der Waals surface area contributed by atoms with Gasteiger partial charge < -0.3 is 4.90 Å². The molecule has 0 aliphatic carbocycles. The van der Waals surface area contributed by atoms with E-state index < -0.39 is 0 Å². The highest BCUT2D eigenvalue weighted by Crippen LogP contribution is 2.39. The number of rotatable bonds is 2. The Hall–Kier alpha value is -1.47. The lowest BCUT2D eigenvalue weighted by Crippen LogP contribution is -2.32. The molecule has 16 heavy (non-hydrogen) atoms. The van der Waals surface area contributed by atoms with Gasteiger partial charge in [-0.05, 0) is 11.6 Å². The van der Waals surface area contributed by atoms with Gasteiger partial charge in [-0.3, -0.25) is 4.79 Å². The highest BCUT2D eigenvalue weighted by atomic mass is 32.2. The predicted octanol–water partition coefficient (Wildman–Crippen LogP) is 1.86. The molecule has 2 rings (SSSR count). The standard InChI is InChI=1S/C12H12N2OS/c1-14(7-6-13)12(15)10-8-16-11-5-3-2-4-9(10)11/h2-5,10H,7-8H2,1H3. The van der Waals surface area contributed by atoms with Gasteiger partial charge in [0, 0.05) is 17.7 Å². The third-order valence-electron chi connectivity index (χ3n) is 2.68. The minimum absolute atomic E-state index is 0.0407. The molecule has 1 amide bonds. The van der Waals surface area contributed by atoms with Crippen molar-refractivity contribution < 1.29 is 4.79 Å². The molecule has 82 valence electrons. The summed E-state index contributed by atoms with van der Waals surface area (Å²) in [5.74, 6) is 0.743. The fraction of sp³-hybridized carbons (Fsp3) is 0.333. The quantitative estimate of drug-likeness (QED) is 0.731. The van der Waals surface area contributed by atoms with Gasteiger partial charge in [-0.15, -0.1) is 11.8 Å². The van der Waals surface area contributed by atoms with E-state index in [0.717, 1.165) is 11.3 Å². The third-order valence-corrected chi connectivity index (χ3v) is 3.86. The highest BCUT2D eigenvalue weighted by Gasteiger charge is 2.30. The maximum atomic E-state index is 12.1. The summed E-state index contributed by atoms with van der Waals surface area (Å²) < 4.78 is 0. The van der Waals surface area contributed by atoms with E-state index >= 15 is 0 Å². The Labute approximate surface area is 99.1 Å². The zero-order chi connectivity index (χ0) is 11.5. The van der Waals surface area contributed by atoms with Gasteiger partial charge in [0.25, 0.3) is 0 Å². The Morgan fingerprint density at radius 3 is 3.12 bits per heavy atom. The fourth-order valence-electron chi connectivity index (χ4n) is 1.82. The van der Waals surface area contributed by atoms with E-state index in [9.17, 15) is 4.79 Å². The largest absolute Gasteiger partial charge is 0.332 e. The van der Waals surface area contributed by atoms with E-state index in [1.165, 1.54) is 9.80 Å². The summed E-state index contributed by atoms with van der Waals surface area (Å²) in [5.41, 5.74) is 1.10. The molecule has 1 atom stereocenters. The maximum absolute atomic E-state index is 12.1. The lowest BCUT2D eigenvalue weighted by molar-refractivity contribution is -0.130. The number of carbonyl (C=O) groups excluding carboxylic acids is 1. The molecule has 0 saturated heterocycles. The average Bonchev–Trinajstić information content (AvgIpc) is 2.72. The van der Waals surface area contributed by atoms with Crippen molar-refractivity contribution in [2.24, 2.45) is 0 Å². The normalized spacial score (nSPS) is 17.6. The van der Waals surface area contributed by atoms with E-state index in [0.29, 0.717) is 0 Å². The first-order valence-corrected chi connectivity index (χ1v) is 6.06. The van der Waals surface area contributed by atoms with Crippen molar-refractivity contribution in [3.8, 4) is 6.07 Å². The molecule has 1 heterocycles. The monoisotopic (exact) mass is 232 g/mol. The van der Waals surface area contributed by atoms with Crippen molar-refractivity contribution in [3.05, 3.63) is 29.8 Å². The topological polar surface area (TPSA) is 44.1 Å². The van der Waals surface area contributed by atoms with Crippen LogP contribution in [-0.4, -0.2) is 30.2 Å². The number of benzene rings is 1. The second-order valence-electron chi connectivity index (χ2n) is 3.75. The lowest BCUT2D eigenvalue weighted by atomic mass is 10.00. The Balaban J connectivity index is 2.20. The SMILES string of the molecule is CN(CC#N)C(=O)C1CSc2ccccc21. The Bertz CT molecular complexity index is 453. The van der Waals surface area contributed by atoms with Crippen LogP contribution in [0.4, 0.5) is 0 Å². The summed E-state index contributed by atoms with van der Waals surface area (Å²) in [6, 6.07) is 9.97. The maximum Gasteiger partial charge on any atom is 0.231 e. The molecule has 3 nitrogen and oxygen atoms in total.